The summed E-state index contributed by atoms with van der Waals surface area (Å²) in [5.74, 6) is 0.730. The predicted octanol–water partition coefficient (Wildman–Crippen LogP) is 1.97. The van der Waals surface area contributed by atoms with Crippen LogP contribution in [0.4, 0.5) is 0 Å². The van der Waals surface area contributed by atoms with E-state index in [1.807, 2.05) is 0 Å². The molecule has 0 aromatic rings. The van der Waals surface area contributed by atoms with Gasteiger partial charge in [-0.05, 0) is 31.3 Å². The lowest BCUT2D eigenvalue weighted by molar-refractivity contribution is 0.0928. The lowest BCUT2D eigenvalue weighted by Gasteiger charge is -2.28. The van der Waals surface area contributed by atoms with Gasteiger partial charge in [0, 0.05) is 19.7 Å². The maximum absolute atomic E-state index is 5.71. The van der Waals surface area contributed by atoms with Crippen LogP contribution < -0.4 is 5.73 Å². The van der Waals surface area contributed by atoms with Gasteiger partial charge < -0.3 is 15.4 Å². The molecule has 0 heterocycles. The molecule has 0 aromatic carbocycles. The molecular formula is C13H30N2O. The molecule has 0 aromatic heterocycles. The third kappa shape index (κ3) is 9.13. The van der Waals surface area contributed by atoms with Crippen molar-refractivity contribution in [3.05, 3.63) is 0 Å². The number of hydrogen-bond donors (Lipinski definition) is 1. The minimum Gasteiger partial charge on any atom is -0.380 e. The van der Waals surface area contributed by atoms with Gasteiger partial charge in [0.1, 0.15) is 0 Å². The SMILES string of the molecule is CC(C)CCOCCN(C)CC(C)(C)CN. The fraction of sp³-hybridized carbons (Fsp3) is 1.00. The van der Waals surface area contributed by atoms with Crippen molar-refractivity contribution < 1.29 is 4.74 Å². The summed E-state index contributed by atoms with van der Waals surface area (Å²) in [5.41, 5.74) is 5.91. The van der Waals surface area contributed by atoms with E-state index in [9.17, 15) is 0 Å². The molecule has 0 amide bonds. The van der Waals surface area contributed by atoms with Crippen molar-refractivity contribution in [2.24, 2.45) is 17.1 Å². The molecule has 0 spiro atoms. The second-order valence-corrected chi connectivity index (χ2v) is 5.90. The molecule has 2 N–H and O–H groups in total. The standard InChI is InChI=1S/C13H30N2O/c1-12(2)6-8-16-9-7-15(5)11-13(3,4)10-14/h12H,6-11,14H2,1-5H3. The van der Waals surface area contributed by atoms with Crippen LogP contribution in [0.15, 0.2) is 0 Å². The number of likely N-dealkylation sites (N-methyl/N-ethyl adjacent to an activating group) is 1. The van der Waals surface area contributed by atoms with Gasteiger partial charge >= 0.3 is 0 Å². The molecule has 0 rings (SSSR count). The van der Waals surface area contributed by atoms with Crippen molar-refractivity contribution >= 4 is 0 Å². The highest BCUT2D eigenvalue weighted by Gasteiger charge is 2.17. The molecule has 0 aliphatic carbocycles. The molecule has 98 valence electrons. The lowest BCUT2D eigenvalue weighted by atomic mass is 9.93. The van der Waals surface area contributed by atoms with Crippen molar-refractivity contribution in [3.63, 3.8) is 0 Å². The van der Waals surface area contributed by atoms with Crippen LogP contribution in [0.5, 0.6) is 0 Å². The Morgan fingerprint density at radius 1 is 1.25 bits per heavy atom. The van der Waals surface area contributed by atoms with Gasteiger partial charge in [-0.25, -0.2) is 0 Å². The van der Waals surface area contributed by atoms with Crippen LogP contribution in [0.25, 0.3) is 0 Å². The highest BCUT2D eigenvalue weighted by atomic mass is 16.5. The van der Waals surface area contributed by atoms with E-state index in [1.165, 1.54) is 0 Å². The zero-order chi connectivity index (χ0) is 12.6. The summed E-state index contributed by atoms with van der Waals surface area (Å²) in [5, 5.41) is 0. The summed E-state index contributed by atoms with van der Waals surface area (Å²) in [7, 11) is 2.13. The first-order chi connectivity index (χ1) is 7.37. The van der Waals surface area contributed by atoms with Gasteiger partial charge in [0.25, 0.3) is 0 Å². The number of rotatable bonds is 9. The summed E-state index contributed by atoms with van der Waals surface area (Å²) < 4.78 is 5.59. The Hall–Kier alpha value is -0.120. The summed E-state index contributed by atoms with van der Waals surface area (Å²) >= 11 is 0. The van der Waals surface area contributed by atoms with Crippen molar-refractivity contribution in [1.82, 2.24) is 4.90 Å². The smallest absolute Gasteiger partial charge is 0.0593 e. The molecule has 0 fully saturated rings. The number of nitrogens with zero attached hydrogens (tertiary/aromatic N) is 1. The molecular weight excluding hydrogens is 200 g/mol. The first kappa shape index (κ1) is 15.9. The molecule has 16 heavy (non-hydrogen) atoms. The van der Waals surface area contributed by atoms with Crippen LogP contribution in [-0.4, -0.2) is 44.8 Å². The summed E-state index contributed by atoms with van der Waals surface area (Å²) in [4.78, 5) is 2.29. The second-order valence-electron chi connectivity index (χ2n) is 5.90. The van der Waals surface area contributed by atoms with Crippen LogP contribution >= 0.6 is 0 Å². The summed E-state index contributed by atoms with van der Waals surface area (Å²) in [6.45, 7) is 13.3. The van der Waals surface area contributed by atoms with Crippen molar-refractivity contribution in [3.8, 4) is 0 Å². The van der Waals surface area contributed by atoms with Crippen molar-refractivity contribution in [2.75, 3.05) is 39.9 Å². The van der Waals surface area contributed by atoms with Crippen LogP contribution in [0.3, 0.4) is 0 Å². The van der Waals surface area contributed by atoms with E-state index < -0.39 is 0 Å². The normalized spacial score (nSPS) is 12.8. The average molecular weight is 230 g/mol. The number of hydrogen-bond acceptors (Lipinski definition) is 3. The van der Waals surface area contributed by atoms with E-state index >= 15 is 0 Å². The van der Waals surface area contributed by atoms with E-state index in [0.29, 0.717) is 0 Å². The molecule has 3 nitrogen and oxygen atoms in total. The fourth-order valence-corrected chi connectivity index (χ4v) is 1.52. The monoisotopic (exact) mass is 230 g/mol. The van der Waals surface area contributed by atoms with Gasteiger partial charge in [-0.15, -0.1) is 0 Å². The topological polar surface area (TPSA) is 38.5 Å². The van der Waals surface area contributed by atoms with Crippen LogP contribution in [0.1, 0.15) is 34.1 Å². The summed E-state index contributed by atoms with van der Waals surface area (Å²) in [6.07, 6.45) is 1.15. The average Bonchev–Trinajstić information content (AvgIpc) is 2.16. The van der Waals surface area contributed by atoms with Crippen LogP contribution in [-0.2, 0) is 4.74 Å². The Bertz CT molecular complexity index is 169. The first-order valence-electron chi connectivity index (χ1n) is 6.34. The lowest BCUT2D eigenvalue weighted by Crippen LogP contribution is -2.38. The highest BCUT2D eigenvalue weighted by molar-refractivity contribution is 4.72. The summed E-state index contributed by atoms with van der Waals surface area (Å²) in [6, 6.07) is 0. The Labute approximate surface area is 101 Å². The molecule has 3 heteroatoms. The van der Waals surface area contributed by atoms with Crippen molar-refractivity contribution in [1.29, 1.82) is 0 Å². The molecule has 0 saturated heterocycles. The molecule has 0 saturated carbocycles. The minimum atomic E-state index is 0.201. The quantitative estimate of drug-likeness (QED) is 0.615. The Balaban J connectivity index is 3.47. The number of nitrogens with two attached hydrogens (primary N) is 1. The first-order valence-corrected chi connectivity index (χ1v) is 6.34. The largest absolute Gasteiger partial charge is 0.380 e. The molecule has 0 atom stereocenters. The van der Waals surface area contributed by atoms with Gasteiger partial charge in [-0.2, -0.15) is 0 Å². The maximum atomic E-state index is 5.71. The number of ether oxygens (including phenoxy) is 1. The Kier molecular flexibility index (Phi) is 7.98. The Morgan fingerprint density at radius 2 is 1.88 bits per heavy atom. The third-order valence-corrected chi connectivity index (χ3v) is 2.71. The highest BCUT2D eigenvalue weighted by Crippen LogP contribution is 2.13. The van der Waals surface area contributed by atoms with Gasteiger partial charge in [0.2, 0.25) is 0 Å². The van der Waals surface area contributed by atoms with Crippen molar-refractivity contribution in [2.45, 2.75) is 34.1 Å². The van der Waals surface area contributed by atoms with Crippen LogP contribution in [0.2, 0.25) is 0 Å². The van der Waals surface area contributed by atoms with Gasteiger partial charge in [0.15, 0.2) is 0 Å². The Morgan fingerprint density at radius 3 is 2.38 bits per heavy atom. The van der Waals surface area contributed by atoms with Gasteiger partial charge in [0.05, 0.1) is 6.61 Å². The zero-order valence-corrected chi connectivity index (χ0v) is 11.8. The van der Waals surface area contributed by atoms with E-state index in [0.717, 1.165) is 45.2 Å². The molecule has 0 bridgehead atoms. The maximum Gasteiger partial charge on any atom is 0.0593 e. The van der Waals surface area contributed by atoms with E-state index in [2.05, 4.69) is 39.6 Å². The third-order valence-electron chi connectivity index (χ3n) is 2.71. The van der Waals surface area contributed by atoms with Gasteiger partial charge in [-0.3, -0.25) is 0 Å². The molecule has 0 unspecified atom stereocenters. The van der Waals surface area contributed by atoms with Crippen LogP contribution in [0, 0.1) is 11.3 Å². The van der Waals surface area contributed by atoms with E-state index in [1.54, 1.807) is 0 Å². The zero-order valence-electron chi connectivity index (χ0n) is 11.8. The van der Waals surface area contributed by atoms with E-state index in [-0.39, 0.29) is 5.41 Å². The van der Waals surface area contributed by atoms with E-state index in [4.69, 9.17) is 10.5 Å². The predicted molar refractivity (Wildman–Crippen MR) is 70.6 cm³/mol. The molecule has 0 aliphatic heterocycles. The molecule has 0 aliphatic rings. The molecule has 0 radical (unpaired) electrons. The minimum absolute atomic E-state index is 0.201. The fourth-order valence-electron chi connectivity index (χ4n) is 1.52. The van der Waals surface area contributed by atoms with Gasteiger partial charge in [-0.1, -0.05) is 27.7 Å². The second kappa shape index (κ2) is 8.04.